The maximum absolute atomic E-state index is 11.5. The third-order valence-electron chi connectivity index (χ3n) is 3.58. The molecule has 0 amide bonds. The lowest BCUT2D eigenvalue weighted by molar-refractivity contribution is -0.149. The monoisotopic (exact) mass is 225 g/mol. The van der Waals surface area contributed by atoms with E-state index in [1.807, 2.05) is 6.92 Å². The molecule has 1 aliphatic rings. The number of carbonyl (C=O) groups is 1. The van der Waals surface area contributed by atoms with E-state index < -0.39 is 0 Å². The van der Waals surface area contributed by atoms with Crippen molar-refractivity contribution in [2.45, 2.75) is 58.3 Å². The molecule has 1 aliphatic carbocycles. The molecule has 2 nitrogen and oxygen atoms in total. The number of rotatable bonds is 6. The Morgan fingerprint density at radius 1 is 1.25 bits per heavy atom. The minimum atomic E-state index is 0.0266. The van der Waals surface area contributed by atoms with E-state index in [4.69, 9.17) is 4.74 Å². The molecule has 16 heavy (non-hydrogen) atoms. The Balaban J connectivity index is 2.15. The van der Waals surface area contributed by atoms with Gasteiger partial charge >= 0.3 is 5.97 Å². The molecule has 0 spiro atoms. The van der Waals surface area contributed by atoms with Gasteiger partial charge in [-0.15, -0.1) is 0 Å². The molecule has 0 unspecified atom stereocenters. The molecule has 0 aliphatic heterocycles. The first-order valence-corrected chi connectivity index (χ1v) is 6.73. The smallest absolute Gasteiger partial charge is 0.308 e. The van der Waals surface area contributed by atoms with Crippen molar-refractivity contribution in [2.24, 2.45) is 11.8 Å². The lowest BCUT2D eigenvalue weighted by atomic mass is 9.80. The van der Waals surface area contributed by atoms with E-state index in [2.05, 4.69) is 6.92 Å². The van der Waals surface area contributed by atoms with Gasteiger partial charge in [-0.05, 0) is 38.5 Å². The molecule has 0 aromatic rings. The van der Waals surface area contributed by atoms with E-state index in [0.29, 0.717) is 6.61 Å². The zero-order valence-electron chi connectivity index (χ0n) is 10.5. The molecule has 0 heterocycles. The SMILES string of the molecule is [CH2]CCCCC1CCC(C(=O)OCC)CC1. The summed E-state index contributed by atoms with van der Waals surface area (Å²) in [5, 5.41) is 0. The van der Waals surface area contributed by atoms with Crippen molar-refractivity contribution in [3.63, 3.8) is 0 Å². The molecule has 0 atom stereocenters. The van der Waals surface area contributed by atoms with Crippen LogP contribution in [0.3, 0.4) is 0 Å². The molecule has 1 radical (unpaired) electrons. The van der Waals surface area contributed by atoms with Crippen molar-refractivity contribution in [1.82, 2.24) is 0 Å². The van der Waals surface area contributed by atoms with Gasteiger partial charge in [0.2, 0.25) is 0 Å². The van der Waals surface area contributed by atoms with Gasteiger partial charge in [0, 0.05) is 0 Å². The summed E-state index contributed by atoms with van der Waals surface area (Å²) in [6, 6.07) is 0. The zero-order chi connectivity index (χ0) is 11.8. The van der Waals surface area contributed by atoms with Gasteiger partial charge in [0.15, 0.2) is 0 Å². The van der Waals surface area contributed by atoms with Crippen molar-refractivity contribution in [3.8, 4) is 0 Å². The van der Waals surface area contributed by atoms with Crippen molar-refractivity contribution in [2.75, 3.05) is 6.61 Å². The summed E-state index contributed by atoms with van der Waals surface area (Å²) in [6.45, 7) is 6.26. The first-order chi connectivity index (χ1) is 7.77. The summed E-state index contributed by atoms with van der Waals surface area (Å²) in [5.41, 5.74) is 0. The number of hydrogen-bond donors (Lipinski definition) is 0. The Kier molecular flexibility index (Phi) is 6.51. The van der Waals surface area contributed by atoms with Gasteiger partial charge in [0.25, 0.3) is 0 Å². The van der Waals surface area contributed by atoms with Crippen molar-refractivity contribution in [1.29, 1.82) is 0 Å². The van der Waals surface area contributed by atoms with Gasteiger partial charge in [-0.3, -0.25) is 4.79 Å². The fourth-order valence-electron chi connectivity index (χ4n) is 2.56. The van der Waals surface area contributed by atoms with E-state index in [9.17, 15) is 4.79 Å². The average Bonchev–Trinajstić information content (AvgIpc) is 2.30. The summed E-state index contributed by atoms with van der Waals surface area (Å²) in [4.78, 5) is 11.5. The second-order valence-electron chi connectivity index (χ2n) is 4.82. The minimum Gasteiger partial charge on any atom is -0.466 e. The molecule has 2 heteroatoms. The number of esters is 1. The van der Waals surface area contributed by atoms with Crippen LogP contribution in [0, 0.1) is 18.8 Å². The maximum Gasteiger partial charge on any atom is 0.308 e. The van der Waals surface area contributed by atoms with Crippen molar-refractivity contribution < 1.29 is 9.53 Å². The van der Waals surface area contributed by atoms with Crippen LogP contribution in [0.25, 0.3) is 0 Å². The lowest BCUT2D eigenvalue weighted by Crippen LogP contribution is -2.23. The minimum absolute atomic E-state index is 0.0266. The van der Waals surface area contributed by atoms with Crippen LogP contribution in [0.2, 0.25) is 0 Å². The number of ether oxygens (including phenoxy) is 1. The molecular weight excluding hydrogens is 200 g/mol. The van der Waals surface area contributed by atoms with Crippen LogP contribution in [-0.4, -0.2) is 12.6 Å². The fourth-order valence-corrected chi connectivity index (χ4v) is 2.56. The van der Waals surface area contributed by atoms with Crippen molar-refractivity contribution in [3.05, 3.63) is 6.92 Å². The highest BCUT2D eigenvalue weighted by Crippen LogP contribution is 2.32. The zero-order valence-corrected chi connectivity index (χ0v) is 10.5. The summed E-state index contributed by atoms with van der Waals surface area (Å²) in [6.07, 6.45) is 9.42. The van der Waals surface area contributed by atoms with Gasteiger partial charge in [0.1, 0.15) is 0 Å². The molecule has 0 aromatic heterocycles. The molecule has 93 valence electrons. The standard InChI is InChI=1S/C14H25O2/c1-3-5-6-7-12-8-10-13(11-9-12)14(15)16-4-2/h12-13H,1,3-11H2,2H3. The van der Waals surface area contributed by atoms with Crippen LogP contribution >= 0.6 is 0 Å². The molecule has 0 bridgehead atoms. The second kappa shape index (κ2) is 7.70. The van der Waals surface area contributed by atoms with E-state index in [1.165, 1.54) is 32.1 Å². The summed E-state index contributed by atoms with van der Waals surface area (Å²) in [7, 11) is 0. The van der Waals surface area contributed by atoms with Crippen LogP contribution < -0.4 is 0 Å². The Labute approximate surface area is 99.8 Å². The Morgan fingerprint density at radius 3 is 2.50 bits per heavy atom. The number of hydrogen-bond acceptors (Lipinski definition) is 2. The molecule has 1 fully saturated rings. The Hall–Kier alpha value is -0.530. The third-order valence-corrected chi connectivity index (χ3v) is 3.58. The Morgan fingerprint density at radius 2 is 1.94 bits per heavy atom. The largest absolute Gasteiger partial charge is 0.466 e. The topological polar surface area (TPSA) is 26.3 Å². The molecule has 1 saturated carbocycles. The predicted molar refractivity (Wildman–Crippen MR) is 65.9 cm³/mol. The van der Waals surface area contributed by atoms with E-state index >= 15 is 0 Å². The van der Waals surface area contributed by atoms with Crippen LogP contribution in [0.15, 0.2) is 0 Å². The van der Waals surface area contributed by atoms with Crippen LogP contribution in [0.1, 0.15) is 58.3 Å². The van der Waals surface area contributed by atoms with E-state index in [0.717, 1.165) is 25.2 Å². The van der Waals surface area contributed by atoms with Gasteiger partial charge in [-0.25, -0.2) is 0 Å². The van der Waals surface area contributed by atoms with Crippen molar-refractivity contribution >= 4 is 5.97 Å². The van der Waals surface area contributed by atoms with Gasteiger partial charge in [-0.1, -0.05) is 32.6 Å². The highest BCUT2D eigenvalue weighted by Gasteiger charge is 2.26. The second-order valence-corrected chi connectivity index (χ2v) is 4.82. The quantitative estimate of drug-likeness (QED) is 0.508. The van der Waals surface area contributed by atoms with E-state index in [1.54, 1.807) is 0 Å². The normalized spacial score (nSPS) is 25.4. The first-order valence-electron chi connectivity index (χ1n) is 6.73. The molecular formula is C14H25O2. The predicted octanol–water partition coefficient (Wildman–Crippen LogP) is 3.75. The molecule has 0 N–H and O–H groups in total. The summed E-state index contributed by atoms with van der Waals surface area (Å²) in [5.74, 6) is 1.06. The van der Waals surface area contributed by atoms with Crippen LogP contribution in [0.4, 0.5) is 0 Å². The van der Waals surface area contributed by atoms with Gasteiger partial charge in [-0.2, -0.15) is 0 Å². The van der Waals surface area contributed by atoms with Gasteiger partial charge in [0.05, 0.1) is 12.5 Å². The van der Waals surface area contributed by atoms with E-state index in [-0.39, 0.29) is 11.9 Å². The summed E-state index contributed by atoms with van der Waals surface area (Å²) < 4.78 is 5.07. The highest BCUT2D eigenvalue weighted by atomic mass is 16.5. The molecule has 1 rings (SSSR count). The average molecular weight is 225 g/mol. The maximum atomic E-state index is 11.5. The van der Waals surface area contributed by atoms with Crippen LogP contribution in [0.5, 0.6) is 0 Å². The Bertz CT molecular complexity index is 193. The summed E-state index contributed by atoms with van der Waals surface area (Å²) >= 11 is 0. The molecule has 0 aromatic carbocycles. The van der Waals surface area contributed by atoms with Gasteiger partial charge < -0.3 is 4.74 Å². The lowest BCUT2D eigenvalue weighted by Gasteiger charge is -2.27. The number of unbranched alkanes of at least 4 members (excludes halogenated alkanes) is 2. The molecule has 0 saturated heterocycles. The third kappa shape index (κ3) is 4.54. The number of carbonyl (C=O) groups excluding carboxylic acids is 1. The van der Waals surface area contributed by atoms with Crippen LogP contribution in [-0.2, 0) is 9.53 Å². The fraction of sp³-hybridized carbons (Fsp3) is 0.857. The highest BCUT2D eigenvalue weighted by molar-refractivity contribution is 5.72. The first kappa shape index (κ1) is 13.5.